The molecule has 0 saturated carbocycles. The number of amides is 1. The molecule has 2 aromatic heterocycles. The Balaban J connectivity index is 1.90. The lowest BCUT2D eigenvalue weighted by molar-refractivity contribution is -0.129. The van der Waals surface area contributed by atoms with Gasteiger partial charge in [-0.05, 0) is 0 Å². The molecule has 0 atom stereocenters. The Morgan fingerprint density at radius 2 is 2.05 bits per heavy atom. The summed E-state index contributed by atoms with van der Waals surface area (Å²) in [5.74, 6) is 1.50. The number of aromatic amines is 1. The molecule has 0 aromatic carbocycles. The largest absolute Gasteiger partial charge is 0.357 e. The first-order valence-corrected chi connectivity index (χ1v) is 6.58. The van der Waals surface area contributed by atoms with Gasteiger partial charge in [-0.1, -0.05) is 0 Å². The van der Waals surface area contributed by atoms with E-state index in [-0.39, 0.29) is 5.91 Å². The molecule has 0 bridgehead atoms. The summed E-state index contributed by atoms with van der Waals surface area (Å²) in [6.45, 7) is 4.54. The lowest BCUT2D eigenvalue weighted by atomic mass is 10.3. The van der Waals surface area contributed by atoms with E-state index in [0.717, 1.165) is 24.4 Å². The van der Waals surface area contributed by atoms with Crippen LogP contribution in [-0.2, 0) is 4.79 Å². The first kappa shape index (κ1) is 12.6. The molecule has 1 saturated heterocycles. The van der Waals surface area contributed by atoms with Crippen molar-refractivity contribution < 1.29 is 4.79 Å². The lowest BCUT2D eigenvalue weighted by Crippen LogP contribution is -2.48. The molecule has 0 aliphatic carbocycles. The number of imidazole rings is 1. The van der Waals surface area contributed by atoms with Crippen molar-refractivity contribution in [2.75, 3.05) is 43.4 Å². The van der Waals surface area contributed by atoms with Crippen LogP contribution in [0.25, 0.3) is 11.2 Å². The average Bonchev–Trinajstić information content (AvgIpc) is 2.94. The number of H-pyrrole nitrogens is 1. The van der Waals surface area contributed by atoms with Gasteiger partial charge in [0, 0.05) is 40.2 Å². The van der Waals surface area contributed by atoms with Gasteiger partial charge in [-0.15, -0.1) is 0 Å². The number of piperazine rings is 1. The van der Waals surface area contributed by atoms with Crippen molar-refractivity contribution in [1.82, 2.24) is 24.8 Å². The van der Waals surface area contributed by atoms with Crippen LogP contribution in [0.5, 0.6) is 0 Å². The van der Waals surface area contributed by atoms with Crippen LogP contribution in [0, 0.1) is 0 Å². The van der Waals surface area contributed by atoms with Gasteiger partial charge in [-0.25, -0.2) is 4.98 Å². The van der Waals surface area contributed by atoms with Crippen molar-refractivity contribution in [2.24, 2.45) is 0 Å². The molecule has 3 heterocycles. The van der Waals surface area contributed by atoms with Crippen molar-refractivity contribution in [3.8, 4) is 0 Å². The first-order chi connectivity index (χ1) is 9.69. The van der Waals surface area contributed by atoms with Crippen LogP contribution in [0.15, 0.2) is 6.33 Å². The monoisotopic (exact) mass is 275 g/mol. The quantitative estimate of drug-likeness (QED) is 0.805. The van der Waals surface area contributed by atoms with Gasteiger partial charge in [-0.2, -0.15) is 9.97 Å². The van der Waals surface area contributed by atoms with Crippen molar-refractivity contribution in [1.29, 1.82) is 0 Å². The molecule has 20 heavy (non-hydrogen) atoms. The molecule has 1 aliphatic heterocycles. The molecular weight excluding hydrogens is 258 g/mol. The number of hydrogen-bond acceptors (Lipinski definition) is 6. The second-order valence-corrected chi connectivity index (χ2v) is 4.72. The van der Waals surface area contributed by atoms with E-state index in [4.69, 9.17) is 0 Å². The van der Waals surface area contributed by atoms with Crippen molar-refractivity contribution >= 4 is 28.8 Å². The van der Waals surface area contributed by atoms with Crippen molar-refractivity contribution in [2.45, 2.75) is 6.92 Å². The zero-order valence-corrected chi connectivity index (χ0v) is 11.6. The number of aromatic nitrogens is 4. The zero-order chi connectivity index (χ0) is 14.1. The molecule has 3 rings (SSSR count). The Kier molecular flexibility index (Phi) is 3.13. The van der Waals surface area contributed by atoms with Gasteiger partial charge in [0.15, 0.2) is 11.5 Å². The molecule has 0 radical (unpaired) electrons. The second-order valence-electron chi connectivity index (χ2n) is 4.72. The SMILES string of the molecule is CNc1nc(N2CCN(C(C)=O)CC2)c2[nH]cnc2n1. The zero-order valence-electron chi connectivity index (χ0n) is 11.6. The van der Waals surface area contributed by atoms with Gasteiger partial charge in [0.25, 0.3) is 0 Å². The summed E-state index contributed by atoms with van der Waals surface area (Å²) in [5, 5.41) is 2.95. The Morgan fingerprint density at radius 3 is 2.70 bits per heavy atom. The number of anilines is 2. The van der Waals surface area contributed by atoms with Gasteiger partial charge in [0.05, 0.1) is 6.33 Å². The van der Waals surface area contributed by atoms with E-state index in [1.165, 1.54) is 0 Å². The normalized spacial score (nSPS) is 15.7. The third-order valence-electron chi connectivity index (χ3n) is 3.51. The summed E-state index contributed by atoms with van der Waals surface area (Å²) in [4.78, 5) is 31.5. The summed E-state index contributed by atoms with van der Waals surface area (Å²) >= 11 is 0. The third-order valence-corrected chi connectivity index (χ3v) is 3.51. The minimum Gasteiger partial charge on any atom is -0.357 e. The topological polar surface area (TPSA) is 90.0 Å². The van der Waals surface area contributed by atoms with Crippen molar-refractivity contribution in [3.63, 3.8) is 0 Å². The van der Waals surface area contributed by atoms with Gasteiger partial charge < -0.3 is 20.1 Å². The number of carbonyl (C=O) groups excluding carboxylic acids is 1. The standard InChI is InChI=1S/C12H17N7O/c1-8(20)18-3-5-19(6-4-18)11-9-10(15-7-14-9)16-12(13-2)17-11/h7H,3-6H2,1-2H3,(H2,13,14,15,16,17). The van der Waals surface area contributed by atoms with Gasteiger partial charge >= 0.3 is 0 Å². The Bertz CT molecular complexity index is 630. The minimum atomic E-state index is 0.120. The molecule has 1 aliphatic rings. The molecule has 8 heteroatoms. The molecular formula is C12H17N7O. The van der Waals surface area contributed by atoms with Crippen LogP contribution in [-0.4, -0.2) is 64.0 Å². The maximum absolute atomic E-state index is 11.4. The van der Waals surface area contributed by atoms with Crippen molar-refractivity contribution in [3.05, 3.63) is 6.33 Å². The fraction of sp³-hybridized carbons (Fsp3) is 0.500. The Morgan fingerprint density at radius 1 is 1.30 bits per heavy atom. The van der Waals surface area contributed by atoms with E-state index >= 15 is 0 Å². The lowest BCUT2D eigenvalue weighted by Gasteiger charge is -2.35. The third kappa shape index (κ3) is 2.13. The maximum Gasteiger partial charge on any atom is 0.226 e. The summed E-state index contributed by atoms with van der Waals surface area (Å²) in [6, 6.07) is 0. The molecule has 106 valence electrons. The number of hydrogen-bond donors (Lipinski definition) is 2. The maximum atomic E-state index is 11.4. The molecule has 1 fully saturated rings. The van der Waals surface area contributed by atoms with Gasteiger partial charge in [0.2, 0.25) is 11.9 Å². The highest BCUT2D eigenvalue weighted by Crippen LogP contribution is 2.23. The smallest absolute Gasteiger partial charge is 0.226 e. The number of nitrogens with one attached hydrogen (secondary N) is 2. The van der Waals surface area contributed by atoms with Crippen LogP contribution >= 0.6 is 0 Å². The second kappa shape index (κ2) is 4.95. The summed E-state index contributed by atoms with van der Waals surface area (Å²) in [7, 11) is 1.78. The summed E-state index contributed by atoms with van der Waals surface area (Å²) in [6.07, 6.45) is 1.62. The van der Waals surface area contributed by atoms with E-state index in [1.807, 2.05) is 4.90 Å². The molecule has 0 spiro atoms. The van der Waals surface area contributed by atoms with E-state index in [9.17, 15) is 4.79 Å². The van der Waals surface area contributed by atoms with Crippen LogP contribution < -0.4 is 10.2 Å². The highest BCUT2D eigenvalue weighted by Gasteiger charge is 2.22. The fourth-order valence-electron chi connectivity index (χ4n) is 2.39. The van der Waals surface area contributed by atoms with E-state index in [2.05, 4.69) is 30.2 Å². The summed E-state index contributed by atoms with van der Waals surface area (Å²) < 4.78 is 0. The van der Waals surface area contributed by atoms with Crippen LogP contribution in [0.1, 0.15) is 6.92 Å². The first-order valence-electron chi connectivity index (χ1n) is 6.58. The molecule has 1 amide bonds. The predicted octanol–water partition coefficient (Wildman–Crippen LogP) is 0.0631. The van der Waals surface area contributed by atoms with Gasteiger partial charge in [-0.3, -0.25) is 4.79 Å². The highest BCUT2D eigenvalue weighted by atomic mass is 16.2. The molecule has 2 aromatic rings. The van der Waals surface area contributed by atoms with E-state index in [1.54, 1.807) is 20.3 Å². The predicted molar refractivity (Wildman–Crippen MR) is 75.7 cm³/mol. The van der Waals surface area contributed by atoms with Gasteiger partial charge in [0.1, 0.15) is 5.52 Å². The number of carbonyl (C=O) groups is 1. The number of fused-ring (bicyclic) bond motifs is 1. The Hall–Kier alpha value is -2.38. The Labute approximate surface area is 116 Å². The molecule has 2 N–H and O–H groups in total. The van der Waals surface area contributed by atoms with Crippen LogP contribution in [0.2, 0.25) is 0 Å². The van der Waals surface area contributed by atoms with Crippen LogP contribution in [0.4, 0.5) is 11.8 Å². The number of rotatable bonds is 2. The molecule has 0 unspecified atom stereocenters. The molecule has 8 nitrogen and oxygen atoms in total. The van der Waals surface area contributed by atoms with E-state index in [0.29, 0.717) is 24.7 Å². The fourth-order valence-corrected chi connectivity index (χ4v) is 2.39. The number of nitrogens with zero attached hydrogens (tertiary/aromatic N) is 5. The van der Waals surface area contributed by atoms with E-state index < -0.39 is 0 Å². The highest BCUT2D eigenvalue weighted by molar-refractivity contribution is 5.84. The summed E-state index contributed by atoms with van der Waals surface area (Å²) in [5.41, 5.74) is 1.48. The minimum absolute atomic E-state index is 0.120. The van der Waals surface area contributed by atoms with Crippen LogP contribution in [0.3, 0.4) is 0 Å². The average molecular weight is 275 g/mol.